The molecule has 2 aromatic heterocycles. The lowest BCUT2D eigenvalue weighted by Crippen LogP contribution is -2.31. The van der Waals surface area contributed by atoms with E-state index in [0.717, 1.165) is 35.1 Å². The van der Waals surface area contributed by atoms with Crippen LogP contribution in [0.4, 0.5) is 0 Å². The lowest BCUT2D eigenvalue weighted by molar-refractivity contribution is 0.505. The van der Waals surface area contributed by atoms with Crippen LogP contribution in [-0.2, 0) is 19.4 Å². The van der Waals surface area contributed by atoms with Gasteiger partial charge in [-0.3, -0.25) is 25.9 Å². The van der Waals surface area contributed by atoms with Crippen LogP contribution in [-0.4, -0.2) is 19.7 Å². The molecular formula is C13H19ClN6. The monoisotopic (exact) mass is 294 g/mol. The molecule has 2 heterocycles. The highest BCUT2D eigenvalue weighted by Crippen LogP contribution is 2.25. The molecule has 0 aliphatic carbocycles. The molecule has 20 heavy (non-hydrogen) atoms. The molecule has 7 heteroatoms. The number of aryl methyl sites for hydroxylation is 2. The van der Waals surface area contributed by atoms with Gasteiger partial charge in [0, 0.05) is 25.4 Å². The summed E-state index contributed by atoms with van der Waals surface area (Å²) in [7, 11) is 0. The molecule has 108 valence electrons. The van der Waals surface area contributed by atoms with Gasteiger partial charge in [-0.1, -0.05) is 18.5 Å². The molecule has 0 aliphatic heterocycles. The Kier molecular flexibility index (Phi) is 5.05. The number of aromatic nitrogens is 4. The van der Waals surface area contributed by atoms with Crippen LogP contribution in [0, 0.1) is 0 Å². The van der Waals surface area contributed by atoms with Crippen molar-refractivity contribution in [3.05, 3.63) is 40.7 Å². The Hall–Kier alpha value is -1.50. The van der Waals surface area contributed by atoms with E-state index in [9.17, 15) is 0 Å². The number of rotatable bonds is 6. The standard InChI is InChI=1S/C13H19ClN6/c1-3-9-13(14)12(20(4-2)19-9)7-10(18-15)11-8-16-5-6-17-11/h5-6,8,10,18H,3-4,7,15H2,1-2H3. The first-order valence-corrected chi connectivity index (χ1v) is 7.05. The third kappa shape index (κ3) is 2.98. The van der Waals surface area contributed by atoms with Crippen molar-refractivity contribution in [3.8, 4) is 0 Å². The van der Waals surface area contributed by atoms with E-state index < -0.39 is 0 Å². The molecule has 0 aliphatic rings. The Labute approximate surface area is 123 Å². The highest BCUT2D eigenvalue weighted by atomic mass is 35.5. The van der Waals surface area contributed by atoms with E-state index in [2.05, 4.69) is 20.5 Å². The van der Waals surface area contributed by atoms with Crippen molar-refractivity contribution < 1.29 is 0 Å². The SMILES string of the molecule is CCc1nn(CC)c(CC(NN)c2cnccn2)c1Cl. The second-order valence-corrected chi connectivity index (χ2v) is 4.81. The molecule has 0 spiro atoms. The van der Waals surface area contributed by atoms with Crippen molar-refractivity contribution in [2.24, 2.45) is 5.84 Å². The zero-order chi connectivity index (χ0) is 14.5. The van der Waals surface area contributed by atoms with E-state index in [0.29, 0.717) is 6.42 Å². The predicted octanol–water partition coefficient (Wildman–Crippen LogP) is 1.66. The minimum absolute atomic E-state index is 0.145. The van der Waals surface area contributed by atoms with E-state index in [1.807, 2.05) is 18.5 Å². The molecule has 2 aromatic rings. The topological polar surface area (TPSA) is 81.7 Å². The summed E-state index contributed by atoms with van der Waals surface area (Å²) < 4.78 is 1.92. The van der Waals surface area contributed by atoms with Crippen molar-refractivity contribution in [2.75, 3.05) is 0 Å². The average Bonchev–Trinajstić information content (AvgIpc) is 2.81. The predicted molar refractivity (Wildman–Crippen MR) is 78.1 cm³/mol. The van der Waals surface area contributed by atoms with Crippen LogP contribution in [0.15, 0.2) is 18.6 Å². The average molecular weight is 295 g/mol. The van der Waals surface area contributed by atoms with Crippen LogP contribution >= 0.6 is 11.6 Å². The molecule has 2 rings (SSSR count). The summed E-state index contributed by atoms with van der Waals surface area (Å²) in [6, 6.07) is -0.145. The molecule has 0 saturated carbocycles. The van der Waals surface area contributed by atoms with Gasteiger partial charge in [-0.15, -0.1) is 0 Å². The Bertz CT molecular complexity index is 553. The minimum atomic E-state index is -0.145. The van der Waals surface area contributed by atoms with Gasteiger partial charge in [0.25, 0.3) is 0 Å². The number of hydrogen-bond donors (Lipinski definition) is 2. The zero-order valence-corrected chi connectivity index (χ0v) is 12.4. The molecule has 0 amide bonds. The largest absolute Gasteiger partial charge is 0.271 e. The van der Waals surface area contributed by atoms with Crippen LogP contribution in [0.25, 0.3) is 0 Å². The number of hydrogen-bond acceptors (Lipinski definition) is 5. The first-order chi connectivity index (χ1) is 9.71. The maximum atomic E-state index is 6.41. The number of nitrogens with zero attached hydrogens (tertiary/aromatic N) is 4. The van der Waals surface area contributed by atoms with E-state index in [1.54, 1.807) is 18.6 Å². The maximum Gasteiger partial charge on any atom is 0.0850 e. The van der Waals surface area contributed by atoms with Crippen molar-refractivity contribution >= 4 is 11.6 Å². The van der Waals surface area contributed by atoms with Crippen molar-refractivity contribution in [2.45, 2.75) is 39.3 Å². The van der Waals surface area contributed by atoms with Crippen LogP contribution in [0.5, 0.6) is 0 Å². The van der Waals surface area contributed by atoms with Gasteiger partial charge in [0.05, 0.1) is 34.3 Å². The summed E-state index contributed by atoms with van der Waals surface area (Å²) in [5.41, 5.74) is 5.44. The van der Waals surface area contributed by atoms with Gasteiger partial charge in [-0.25, -0.2) is 0 Å². The van der Waals surface area contributed by atoms with Gasteiger partial charge in [0.15, 0.2) is 0 Å². The van der Waals surface area contributed by atoms with E-state index in [4.69, 9.17) is 17.4 Å². The van der Waals surface area contributed by atoms with Crippen molar-refractivity contribution in [1.82, 2.24) is 25.2 Å². The Morgan fingerprint density at radius 1 is 1.40 bits per heavy atom. The number of hydrazine groups is 1. The fourth-order valence-electron chi connectivity index (χ4n) is 2.15. The fraction of sp³-hybridized carbons (Fsp3) is 0.462. The van der Waals surface area contributed by atoms with E-state index >= 15 is 0 Å². The van der Waals surface area contributed by atoms with Gasteiger partial charge in [0.2, 0.25) is 0 Å². The minimum Gasteiger partial charge on any atom is -0.271 e. The molecule has 0 bridgehead atoms. The van der Waals surface area contributed by atoms with Gasteiger partial charge in [-0.2, -0.15) is 5.10 Å². The van der Waals surface area contributed by atoms with E-state index in [1.165, 1.54) is 0 Å². The number of nitrogens with one attached hydrogen (secondary N) is 1. The number of halogens is 1. The Balaban J connectivity index is 2.30. The summed E-state index contributed by atoms with van der Waals surface area (Å²) in [6.07, 6.45) is 6.41. The van der Waals surface area contributed by atoms with Crippen LogP contribution in [0.1, 0.15) is 37.0 Å². The molecule has 0 aromatic carbocycles. The second kappa shape index (κ2) is 6.78. The smallest absolute Gasteiger partial charge is 0.0850 e. The van der Waals surface area contributed by atoms with Gasteiger partial charge in [-0.05, 0) is 13.3 Å². The van der Waals surface area contributed by atoms with Crippen molar-refractivity contribution in [1.29, 1.82) is 0 Å². The highest BCUT2D eigenvalue weighted by molar-refractivity contribution is 6.31. The molecule has 6 nitrogen and oxygen atoms in total. The van der Waals surface area contributed by atoms with Crippen LogP contribution < -0.4 is 11.3 Å². The second-order valence-electron chi connectivity index (χ2n) is 4.43. The molecule has 0 saturated heterocycles. The molecule has 0 radical (unpaired) electrons. The third-order valence-electron chi connectivity index (χ3n) is 3.23. The van der Waals surface area contributed by atoms with Gasteiger partial charge in [0.1, 0.15) is 0 Å². The summed E-state index contributed by atoms with van der Waals surface area (Å²) in [6.45, 7) is 4.85. The summed E-state index contributed by atoms with van der Waals surface area (Å²) in [4.78, 5) is 8.35. The van der Waals surface area contributed by atoms with Gasteiger partial charge >= 0.3 is 0 Å². The fourth-order valence-corrected chi connectivity index (χ4v) is 2.49. The van der Waals surface area contributed by atoms with Crippen LogP contribution in [0.3, 0.4) is 0 Å². The lowest BCUT2D eigenvalue weighted by Gasteiger charge is -2.15. The molecule has 1 atom stereocenters. The first kappa shape index (κ1) is 14.9. The first-order valence-electron chi connectivity index (χ1n) is 6.67. The molecule has 0 fully saturated rings. The summed E-state index contributed by atoms with van der Waals surface area (Å²) in [5.74, 6) is 5.64. The quantitative estimate of drug-likeness (QED) is 0.625. The molecular weight excluding hydrogens is 276 g/mol. The number of nitrogens with two attached hydrogens (primary N) is 1. The molecule has 3 N–H and O–H groups in total. The Morgan fingerprint density at radius 2 is 2.20 bits per heavy atom. The lowest BCUT2D eigenvalue weighted by atomic mass is 10.1. The van der Waals surface area contributed by atoms with Crippen molar-refractivity contribution in [3.63, 3.8) is 0 Å². The summed E-state index contributed by atoms with van der Waals surface area (Å²) in [5, 5.41) is 5.23. The molecule has 1 unspecified atom stereocenters. The van der Waals surface area contributed by atoms with E-state index in [-0.39, 0.29) is 6.04 Å². The van der Waals surface area contributed by atoms with Gasteiger partial charge < -0.3 is 0 Å². The normalized spacial score (nSPS) is 12.6. The van der Waals surface area contributed by atoms with Crippen LogP contribution in [0.2, 0.25) is 5.02 Å². The summed E-state index contributed by atoms with van der Waals surface area (Å²) >= 11 is 6.41. The maximum absolute atomic E-state index is 6.41. The highest BCUT2D eigenvalue weighted by Gasteiger charge is 2.20. The zero-order valence-electron chi connectivity index (χ0n) is 11.7. The Morgan fingerprint density at radius 3 is 2.75 bits per heavy atom. The third-order valence-corrected chi connectivity index (χ3v) is 3.67.